The van der Waals surface area contributed by atoms with E-state index in [0.29, 0.717) is 11.6 Å². The Labute approximate surface area is 82.8 Å². The maximum absolute atomic E-state index is 11.7. The normalized spacial score (nSPS) is 15.2. The van der Waals surface area contributed by atoms with Gasteiger partial charge in [0.25, 0.3) is 5.91 Å². The number of phenols is 1. The Kier molecular flexibility index (Phi) is 2.15. The number of nitrogens with one attached hydrogen (secondary N) is 1. The molecule has 0 aliphatic heterocycles. The first-order valence-electron chi connectivity index (χ1n) is 4.78. The van der Waals surface area contributed by atoms with E-state index < -0.39 is 0 Å². The minimum atomic E-state index is -0.164. The second kappa shape index (κ2) is 3.33. The minimum absolute atomic E-state index is 0.0585. The molecule has 0 spiro atoms. The standard InChI is InChI=1S/C11H13NO2/c1-7-3-2-4-9(13)10(7)11(14)12-8-5-6-8/h2-4,8,13H,5-6H2,1H3,(H,12,14). The molecule has 1 fully saturated rings. The quantitative estimate of drug-likeness (QED) is 0.745. The molecule has 1 amide bonds. The van der Waals surface area contributed by atoms with Crippen molar-refractivity contribution in [1.82, 2.24) is 5.32 Å². The molecule has 0 aromatic heterocycles. The van der Waals surface area contributed by atoms with Gasteiger partial charge in [0.1, 0.15) is 5.75 Å². The lowest BCUT2D eigenvalue weighted by atomic mass is 10.1. The molecule has 1 aliphatic rings. The number of hydrogen-bond donors (Lipinski definition) is 2. The molecule has 0 heterocycles. The van der Waals surface area contributed by atoms with Crippen molar-refractivity contribution in [2.75, 3.05) is 0 Å². The number of aryl methyl sites for hydroxylation is 1. The topological polar surface area (TPSA) is 49.3 Å². The van der Waals surface area contributed by atoms with E-state index in [1.165, 1.54) is 6.07 Å². The Morgan fingerprint density at radius 2 is 2.21 bits per heavy atom. The van der Waals surface area contributed by atoms with Crippen LogP contribution in [-0.4, -0.2) is 17.1 Å². The third kappa shape index (κ3) is 1.71. The van der Waals surface area contributed by atoms with E-state index in [9.17, 15) is 9.90 Å². The zero-order valence-corrected chi connectivity index (χ0v) is 8.08. The van der Waals surface area contributed by atoms with E-state index in [0.717, 1.165) is 18.4 Å². The molecule has 0 saturated heterocycles. The number of aromatic hydroxyl groups is 1. The summed E-state index contributed by atoms with van der Waals surface area (Å²) in [7, 11) is 0. The number of amides is 1. The smallest absolute Gasteiger partial charge is 0.255 e. The molecule has 3 heteroatoms. The van der Waals surface area contributed by atoms with Crippen LogP contribution in [-0.2, 0) is 0 Å². The highest BCUT2D eigenvalue weighted by atomic mass is 16.3. The fourth-order valence-corrected chi connectivity index (χ4v) is 1.43. The molecule has 1 saturated carbocycles. The van der Waals surface area contributed by atoms with Crippen LogP contribution in [0.25, 0.3) is 0 Å². The van der Waals surface area contributed by atoms with Gasteiger partial charge >= 0.3 is 0 Å². The van der Waals surface area contributed by atoms with Crippen LogP contribution in [0.2, 0.25) is 0 Å². The molecule has 14 heavy (non-hydrogen) atoms. The SMILES string of the molecule is Cc1cccc(O)c1C(=O)NC1CC1. The van der Waals surface area contributed by atoms with Crippen LogP contribution in [0.3, 0.4) is 0 Å². The summed E-state index contributed by atoms with van der Waals surface area (Å²) in [6.45, 7) is 1.82. The average Bonchev–Trinajstić information content (AvgIpc) is 2.87. The van der Waals surface area contributed by atoms with E-state index in [4.69, 9.17) is 0 Å². The van der Waals surface area contributed by atoms with Gasteiger partial charge in [-0.2, -0.15) is 0 Å². The van der Waals surface area contributed by atoms with Gasteiger partial charge in [0.15, 0.2) is 0 Å². The Hall–Kier alpha value is -1.51. The summed E-state index contributed by atoms with van der Waals surface area (Å²) in [5, 5.41) is 12.4. The van der Waals surface area contributed by atoms with Crippen molar-refractivity contribution in [3.8, 4) is 5.75 Å². The number of carbonyl (C=O) groups is 1. The Balaban J connectivity index is 2.24. The molecule has 0 bridgehead atoms. The maximum Gasteiger partial charge on any atom is 0.255 e. The van der Waals surface area contributed by atoms with Crippen molar-refractivity contribution in [2.24, 2.45) is 0 Å². The van der Waals surface area contributed by atoms with Crippen LogP contribution in [0.15, 0.2) is 18.2 Å². The van der Waals surface area contributed by atoms with Crippen LogP contribution < -0.4 is 5.32 Å². The Morgan fingerprint density at radius 3 is 2.79 bits per heavy atom. The van der Waals surface area contributed by atoms with Gasteiger partial charge in [0.2, 0.25) is 0 Å². The minimum Gasteiger partial charge on any atom is -0.507 e. The highest BCUT2D eigenvalue weighted by Crippen LogP contribution is 2.23. The van der Waals surface area contributed by atoms with Crippen LogP contribution >= 0.6 is 0 Å². The molecule has 1 aromatic carbocycles. The third-order valence-electron chi connectivity index (χ3n) is 2.39. The molecule has 2 N–H and O–H groups in total. The first-order valence-corrected chi connectivity index (χ1v) is 4.78. The Bertz CT molecular complexity index is 349. The van der Waals surface area contributed by atoms with Crippen molar-refractivity contribution in [3.63, 3.8) is 0 Å². The zero-order chi connectivity index (χ0) is 10.1. The Morgan fingerprint density at radius 1 is 1.50 bits per heavy atom. The summed E-state index contributed by atoms with van der Waals surface area (Å²) in [6, 6.07) is 5.41. The molecule has 0 atom stereocenters. The first-order chi connectivity index (χ1) is 6.68. The van der Waals surface area contributed by atoms with E-state index in [2.05, 4.69) is 5.32 Å². The predicted octanol–water partition coefficient (Wildman–Crippen LogP) is 1.59. The molecular formula is C11H13NO2. The molecule has 74 valence electrons. The van der Waals surface area contributed by atoms with Gasteiger partial charge in [0, 0.05) is 6.04 Å². The first kappa shape index (κ1) is 9.06. The molecule has 3 nitrogen and oxygen atoms in total. The number of rotatable bonds is 2. The average molecular weight is 191 g/mol. The summed E-state index contributed by atoms with van der Waals surface area (Å²) < 4.78 is 0. The summed E-state index contributed by atoms with van der Waals surface area (Å²) in [5.74, 6) is -0.105. The zero-order valence-electron chi connectivity index (χ0n) is 8.08. The van der Waals surface area contributed by atoms with Crippen molar-refractivity contribution in [1.29, 1.82) is 0 Å². The fourth-order valence-electron chi connectivity index (χ4n) is 1.43. The van der Waals surface area contributed by atoms with Gasteiger partial charge in [-0.25, -0.2) is 0 Å². The van der Waals surface area contributed by atoms with Crippen LogP contribution in [0.5, 0.6) is 5.75 Å². The second-order valence-electron chi connectivity index (χ2n) is 3.72. The van der Waals surface area contributed by atoms with E-state index >= 15 is 0 Å². The summed E-state index contributed by atoms with van der Waals surface area (Å²) in [4.78, 5) is 11.7. The molecule has 0 unspecified atom stereocenters. The summed E-state index contributed by atoms with van der Waals surface area (Å²) in [6.07, 6.45) is 2.11. The van der Waals surface area contributed by atoms with Gasteiger partial charge in [0.05, 0.1) is 5.56 Å². The van der Waals surface area contributed by atoms with Crippen LogP contribution in [0.1, 0.15) is 28.8 Å². The van der Waals surface area contributed by atoms with E-state index in [1.54, 1.807) is 6.07 Å². The van der Waals surface area contributed by atoms with Gasteiger partial charge < -0.3 is 10.4 Å². The maximum atomic E-state index is 11.7. The number of benzene rings is 1. The number of hydrogen-bond acceptors (Lipinski definition) is 2. The molecule has 1 aromatic rings. The fraction of sp³-hybridized carbons (Fsp3) is 0.364. The predicted molar refractivity (Wildman–Crippen MR) is 53.3 cm³/mol. The molecule has 2 rings (SSSR count). The lowest BCUT2D eigenvalue weighted by Gasteiger charge is -2.07. The van der Waals surface area contributed by atoms with Crippen molar-refractivity contribution < 1.29 is 9.90 Å². The van der Waals surface area contributed by atoms with Crippen molar-refractivity contribution >= 4 is 5.91 Å². The molecule has 1 aliphatic carbocycles. The van der Waals surface area contributed by atoms with E-state index in [1.807, 2.05) is 13.0 Å². The highest BCUT2D eigenvalue weighted by Gasteiger charge is 2.25. The number of carbonyl (C=O) groups excluding carboxylic acids is 1. The van der Waals surface area contributed by atoms with Gasteiger partial charge in [-0.15, -0.1) is 0 Å². The molecule has 0 radical (unpaired) electrons. The lowest BCUT2D eigenvalue weighted by molar-refractivity contribution is 0.0948. The summed E-state index contributed by atoms with van der Waals surface area (Å²) >= 11 is 0. The van der Waals surface area contributed by atoms with Crippen LogP contribution in [0.4, 0.5) is 0 Å². The third-order valence-corrected chi connectivity index (χ3v) is 2.39. The molecular weight excluding hydrogens is 178 g/mol. The van der Waals surface area contributed by atoms with Crippen molar-refractivity contribution in [3.05, 3.63) is 29.3 Å². The van der Waals surface area contributed by atoms with Crippen molar-refractivity contribution in [2.45, 2.75) is 25.8 Å². The number of phenolic OH excluding ortho intramolecular Hbond substituents is 1. The van der Waals surface area contributed by atoms with Gasteiger partial charge in [-0.1, -0.05) is 12.1 Å². The monoisotopic (exact) mass is 191 g/mol. The lowest BCUT2D eigenvalue weighted by Crippen LogP contribution is -2.26. The largest absolute Gasteiger partial charge is 0.507 e. The summed E-state index contributed by atoms with van der Waals surface area (Å²) in [5.41, 5.74) is 1.21. The highest BCUT2D eigenvalue weighted by molar-refractivity contribution is 5.98. The van der Waals surface area contributed by atoms with E-state index in [-0.39, 0.29) is 11.7 Å². The van der Waals surface area contributed by atoms with Gasteiger partial charge in [-0.3, -0.25) is 4.79 Å². The second-order valence-corrected chi connectivity index (χ2v) is 3.72. The van der Waals surface area contributed by atoms with Crippen LogP contribution in [0, 0.1) is 6.92 Å². The van der Waals surface area contributed by atoms with Gasteiger partial charge in [-0.05, 0) is 31.4 Å².